The smallest absolute Gasteiger partial charge is 0.232 e. The van der Waals surface area contributed by atoms with E-state index >= 15 is 0 Å². The Bertz CT molecular complexity index is 969. The van der Waals surface area contributed by atoms with Crippen LogP contribution in [0.1, 0.15) is 69.8 Å². The van der Waals surface area contributed by atoms with Gasteiger partial charge in [-0.15, -0.1) is 6.58 Å². The molecule has 1 saturated heterocycles. The Balaban J connectivity index is 1.60. The van der Waals surface area contributed by atoms with E-state index in [9.17, 15) is 4.79 Å². The first-order chi connectivity index (χ1) is 17.0. The van der Waals surface area contributed by atoms with Crippen LogP contribution in [0, 0.1) is 17.3 Å². The van der Waals surface area contributed by atoms with Crippen LogP contribution in [0.25, 0.3) is 0 Å². The van der Waals surface area contributed by atoms with E-state index in [0.29, 0.717) is 31.9 Å². The van der Waals surface area contributed by atoms with Crippen molar-refractivity contribution in [1.29, 1.82) is 0 Å². The number of benzene rings is 1. The third-order valence-corrected chi connectivity index (χ3v) is 9.22. The van der Waals surface area contributed by atoms with Gasteiger partial charge in [-0.05, 0) is 55.2 Å². The van der Waals surface area contributed by atoms with Crippen LogP contribution in [0.3, 0.4) is 0 Å². The van der Waals surface area contributed by atoms with Gasteiger partial charge in [0.15, 0.2) is 12.0 Å². The standard InChI is InChI=1S/C29H40N2O4/c1-5-15-28-19-29(31(27(28)32)16-17-33-3)25(30-26(35-29)22-9-7-6-8-10-22)18-24(20(28)2)21-11-13-23(34-4)14-12-21/h5,11-14,20,22,24,26H,1,6-10,15-19H2,2-4H3/t20-,24+,26-,28+,29+/m1/s1. The van der Waals surface area contributed by atoms with E-state index in [4.69, 9.17) is 19.2 Å². The minimum absolute atomic E-state index is 0.107. The van der Waals surface area contributed by atoms with Gasteiger partial charge < -0.3 is 19.1 Å². The normalized spacial score (nSPS) is 34.9. The molecule has 190 valence electrons. The molecule has 3 fully saturated rings. The molecule has 6 nitrogen and oxygen atoms in total. The number of hydrogen-bond acceptors (Lipinski definition) is 5. The third kappa shape index (κ3) is 3.93. The second-order valence-corrected chi connectivity index (χ2v) is 10.9. The number of allylic oxidation sites excluding steroid dienone is 1. The highest BCUT2D eigenvalue weighted by atomic mass is 16.6. The summed E-state index contributed by atoms with van der Waals surface area (Å²) in [5, 5.41) is 0. The summed E-state index contributed by atoms with van der Waals surface area (Å²) < 4.78 is 17.8. The summed E-state index contributed by atoms with van der Waals surface area (Å²) in [6, 6.07) is 8.34. The summed E-state index contributed by atoms with van der Waals surface area (Å²) in [5.41, 5.74) is 0.938. The number of aliphatic imine (C=N–C) groups is 1. The zero-order valence-corrected chi connectivity index (χ0v) is 21.5. The first-order valence-electron chi connectivity index (χ1n) is 13.3. The Hall–Kier alpha value is -2.18. The topological polar surface area (TPSA) is 60.4 Å². The van der Waals surface area contributed by atoms with Gasteiger partial charge in [0.25, 0.3) is 0 Å². The van der Waals surface area contributed by atoms with Crippen molar-refractivity contribution in [2.24, 2.45) is 22.2 Å². The lowest BCUT2D eigenvalue weighted by Gasteiger charge is -2.40. The number of methoxy groups -OCH3 is 2. The molecule has 4 aliphatic rings. The highest BCUT2D eigenvalue weighted by molar-refractivity contribution is 6.02. The molecule has 2 bridgehead atoms. The van der Waals surface area contributed by atoms with Crippen molar-refractivity contribution in [2.45, 2.75) is 76.2 Å². The molecule has 1 aromatic carbocycles. The Kier molecular flexibility index (Phi) is 6.79. The number of hydrogen-bond donors (Lipinski definition) is 0. The molecule has 2 heterocycles. The zero-order valence-electron chi connectivity index (χ0n) is 21.5. The molecule has 6 heteroatoms. The van der Waals surface area contributed by atoms with Crippen LogP contribution >= 0.6 is 0 Å². The van der Waals surface area contributed by atoms with E-state index in [-0.39, 0.29) is 24.0 Å². The predicted octanol–water partition coefficient (Wildman–Crippen LogP) is 5.33. The predicted molar refractivity (Wildman–Crippen MR) is 137 cm³/mol. The number of carbonyl (C=O) groups excluding carboxylic acids is 1. The molecule has 2 aliphatic heterocycles. The van der Waals surface area contributed by atoms with E-state index in [0.717, 1.165) is 30.7 Å². The quantitative estimate of drug-likeness (QED) is 0.472. The minimum atomic E-state index is -0.768. The number of fused-ring (bicyclic) bond motifs is 1. The molecule has 1 amide bonds. The maximum Gasteiger partial charge on any atom is 0.232 e. The first kappa shape index (κ1) is 24.5. The lowest BCUT2D eigenvalue weighted by Crippen LogP contribution is -2.54. The molecule has 0 aromatic heterocycles. The maximum atomic E-state index is 14.3. The van der Waals surface area contributed by atoms with Crippen molar-refractivity contribution < 1.29 is 19.0 Å². The molecule has 1 aromatic rings. The van der Waals surface area contributed by atoms with Gasteiger partial charge >= 0.3 is 0 Å². The van der Waals surface area contributed by atoms with Gasteiger partial charge in [0.1, 0.15) is 5.75 Å². The first-order valence-corrected chi connectivity index (χ1v) is 13.3. The molecule has 0 radical (unpaired) electrons. The van der Waals surface area contributed by atoms with Crippen LogP contribution in [0.15, 0.2) is 41.9 Å². The fourth-order valence-corrected chi connectivity index (χ4v) is 7.23. The van der Waals surface area contributed by atoms with Crippen molar-refractivity contribution in [2.75, 3.05) is 27.4 Å². The Morgan fingerprint density at radius 3 is 2.60 bits per heavy atom. The van der Waals surface area contributed by atoms with Crippen LogP contribution in [0.4, 0.5) is 0 Å². The second-order valence-electron chi connectivity index (χ2n) is 10.9. The summed E-state index contributed by atoms with van der Waals surface area (Å²) in [6.45, 7) is 7.31. The molecule has 5 atom stereocenters. The Morgan fingerprint density at radius 2 is 1.94 bits per heavy atom. The highest BCUT2D eigenvalue weighted by Gasteiger charge is 2.68. The minimum Gasteiger partial charge on any atom is -0.497 e. The molecular weight excluding hydrogens is 440 g/mol. The average Bonchev–Trinajstić information content (AvgIpc) is 3.33. The Morgan fingerprint density at radius 1 is 1.20 bits per heavy atom. The van der Waals surface area contributed by atoms with E-state index in [1.165, 1.54) is 24.8 Å². The number of carbonyl (C=O) groups is 1. The monoisotopic (exact) mass is 480 g/mol. The molecule has 2 saturated carbocycles. The van der Waals surface area contributed by atoms with Crippen LogP contribution in [-0.2, 0) is 14.3 Å². The molecule has 2 aliphatic carbocycles. The van der Waals surface area contributed by atoms with Crippen LogP contribution in [-0.4, -0.2) is 55.8 Å². The number of ether oxygens (including phenoxy) is 3. The van der Waals surface area contributed by atoms with E-state index in [1.54, 1.807) is 14.2 Å². The summed E-state index contributed by atoms with van der Waals surface area (Å²) in [5.74, 6) is 1.72. The van der Waals surface area contributed by atoms with Crippen molar-refractivity contribution in [3.63, 3.8) is 0 Å². The molecule has 1 spiro atoms. The van der Waals surface area contributed by atoms with E-state index in [2.05, 4.69) is 25.6 Å². The largest absolute Gasteiger partial charge is 0.497 e. The molecule has 0 unspecified atom stereocenters. The van der Waals surface area contributed by atoms with Gasteiger partial charge in [0.2, 0.25) is 5.91 Å². The highest BCUT2D eigenvalue weighted by Crippen LogP contribution is 2.60. The van der Waals surface area contributed by atoms with E-state index in [1.807, 2.05) is 23.1 Å². The number of nitrogens with zero attached hydrogens (tertiary/aromatic N) is 2. The Labute approximate surface area is 209 Å². The molecular formula is C29H40N2O4. The number of likely N-dealkylation sites (tertiary alicyclic amines) is 1. The summed E-state index contributed by atoms with van der Waals surface area (Å²) in [6.07, 6.45) is 9.91. The van der Waals surface area contributed by atoms with Gasteiger partial charge in [-0.25, -0.2) is 0 Å². The maximum absolute atomic E-state index is 14.3. The lowest BCUT2D eigenvalue weighted by atomic mass is 9.66. The summed E-state index contributed by atoms with van der Waals surface area (Å²) >= 11 is 0. The summed E-state index contributed by atoms with van der Waals surface area (Å²) in [7, 11) is 3.38. The van der Waals surface area contributed by atoms with Gasteiger partial charge in [0, 0.05) is 26.0 Å². The van der Waals surface area contributed by atoms with E-state index < -0.39 is 11.1 Å². The van der Waals surface area contributed by atoms with Crippen molar-refractivity contribution in [1.82, 2.24) is 4.90 Å². The molecule has 0 N–H and O–H groups in total. The van der Waals surface area contributed by atoms with Crippen molar-refractivity contribution >= 4 is 11.6 Å². The van der Waals surface area contributed by atoms with Gasteiger partial charge in [-0.3, -0.25) is 9.79 Å². The van der Waals surface area contributed by atoms with Gasteiger partial charge in [-0.2, -0.15) is 0 Å². The fourth-order valence-electron chi connectivity index (χ4n) is 7.23. The lowest BCUT2D eigenvalue weighted by molar-refractivity contribution is -0.156. The number of amides is 1. The fraction of sp³-hybridized carbons (Fsp3) is 0.655. The van der Waals surface area contributed by atoms with Gasteiger partial charge in [0.05, 0.1) is 24.8 Å². The second kappa shape index (κ2) is 9.70. The van der Waals surface area contributed by atoms with Crippen LogP contribution in [0.5, 0.6) is 5.75 Å². The molecule has 5 rings (SSSR count). The van der Waals surface area contributed by atoms with Crippen molar-refractivity contribution in [3.05, 3.63) is 42.5 Å². The summed E-state index contributed by atoms with van der Waals surface area (Å²) in [4.78, 5) is 21.6. The van der Waals surface area contributed by atoms with Gasteiger partial charge in [-0.1, -0.05) is 44.4 Å². The van der Waals surface area contributed by atoms with Crippen molar-refractivity contribution in [3.8, 4) is 5.75 Å². The third-order valence-electron chi connectivity index (χ3n) is 9.22. The van der Waals surface area contributed by atoms with Crippen LogP contribution < -0.4 is 4.74 Å². The zero-order chi connectivity index (χ0) is 24.6. The number of rotatable bonds is 8. The van der Waals surface area contributed by atoms with Crippen LogP contribution in [0.2, 0.25) is 0 Å². The molecule has 35 heavy (non-hydrogen) atoms. The SMILES string of the molecule is C=CC[C@]12C[C@@]3(O[C@H](C4CCCCC4)N=C3C[C@H](c3ccc(OC)cc3)[C@H]1C)N(CCOC)C2=O. The average molecular weight is 481 g/mol.